The number of aromatic nitrogens is 2. The molecular weight excluding hydrogens is 284 g/mol. The van der Waals surface area contributed by atoms with Crippen molar-refractivity contribution in [2.24, 2.45) is 0 Å². The summed E-state index contributed by atoms with van der Waals surface area (Å²) in [5, 5.41) is 8.99. The number of halogens is 1. The van der Waals surface area contributed by atoms with Gasteiger partial charge in [0.15, 0.2) is 0 Å². The van der Waals surface area contributed by atoms with Crippen molar-refractivity contribution in [3.63, 3.8) is 0 Å². The van der Waals surface area contributed by atoms with Gasteiger partial charge in [-0.25, -0.2) is 0 Å². The van der Waals surface area contributed by atoms with E-state index in [9.17, 15) is 0 Å². The van der Waals surface area contributed by atoms with Gasteiger partial charge in [-0.2, -0.15) is 5.10 Å². The van der Waals surface area contributed by atoms with Gasteiger partial charge in [-0.3, -0.25) is 4.68 Å². The predicted molar refractivity (Wildman–Crippen MR) is 89.1 cm³/mol. The third kappa shape index (κ3) is 3.99. The molecule has 1 aliphatic rings. The van der Waals surface area contributed by atoms with Gasteiger partial charge in [0.25, 0.3) is 0 Å². The molecule has 4 nitrogen and oxygen atoms in total. The quantitative estimate of drug-likeness (QED) is 0.840. The molecule has 0 amide bonds. The Balaban J connectivity index is 2.11. The number of rotatable bonds is 7. The van der Waals surface area contributed by atoms with E-state index < -0.39 is 0 Å². The normalized spacial score (nSPS) is 25.9. The number of nitrogens with zero attached hydrogens (tertiary/aromatic N) is 3. The van der Waals surface area contributed by atoms with Crippen molar-refractivity contribution < 1.29 is 0 Å². The summed E-state index contributed by atoms with van der Waals surface area (Å²) in [4.78, 5) is 2.18. The van der Waals surface area contributed by atoms with Crippen molar-refractivity contribution >= 4 is 11.6 Å². The standard InChI is InChI=1S/C16H29ClN4/c1-5-8-18-13-6-7-16(2,11-13)15-14(17)12-19-21(15)10-9-20(3)4/h12-13,18H,5-11H2,1-4H3. The van der Waals surface area contributed by atoms with Crippen molar-refractivity contribution in [1.29, 1.82) is 0 Å². The molecule has 1 aliphatic carbocycles. The molecule has 21 heavy (non-hydrogen) atoms. The third-order valence-corrected chi connectivity index (χ3v) is 4.83. The summed E-state index contributed by atoms with van der Waals surface area (Å²) in [5.74, 6) is 0. The van der Waals surface area contributed by atoms with Gasteiger partial charge >= 0.3 is 0 Å². The van der Waals surface area contributed by atoms with Gasteiger partial charge in [-0.1, -0.05) is 25.4 Å². The average Bonchev–Trinajstić information content (AvgIpc) is 2.98. The van der Waals surface area contributed by atoms with Gasteiger partial charge in [-0.15, -0.1) is 0 Å². The molecule has 120 valence electrons. The summed E-state index contributed by atoms with van der Waals surface area (Å²) in [7, 11) is 4.18. The first kappa shape index (κ1) is 16.8. The molecule has 0 saturated heterocycles. The average molecular weight is 313 g/mol. The van der Waals surface area contributed by atoms with E-state index in [0.717, 1.165) is 31.1 Å². The number of hydrogen-bond donors (Lipinski definition) is 1. The van der Waals surface area contributed by atoms with E-state index in [2.05, 4.69) is 47.9 Å². The van der Waals surface area contributed by atoms with Crippen molar-refractivity contribution in [3.05, 3.63) is 16.9 Å². The smallest absolute Gasteiger partial charge is 0.0823 e. The monoisotopic (exact) mass is 312 g/mol. The van der Waals surface area contributed by atoms with Gasteiger partial charge in [0.1, 0.15) is 0 Å². The molecule has 2 unspecified atom stereocenters. The van der Waals surface area contributed by atoms with Crippen molar-refractivity contribution in [3.8, 4) is 0 Å². The highest BCUT2D eigenvalue weighted by molar-refractivity contribution is 6.31. The molecule has 2 atom stereocenters. The van der Waals surface area contributed by atoms with Crippen LogP contribution in [0.4, 0.5) is 0 Å². The van der Waals surface area contributed by atoms with Crippen LogP contribution in [0.3, 0.4) is 0 Å². The molecule has 5 heteroatoms. The maximum Gasteiger partial charge on any atom is 0.0823 e. The minimum absolute atomic E-state index is 0.144. The van der Waals surface area contributed by atoms with Crippen LogP contribution in [0.25, 0.3) is 0 Å². The van der Waals surface area contributed by atoms with Crippen LogP contribution in [-0.4, -0.2) is 47.9 Å². The Kier molecular flexibility index (Phi) is 5.69. The maximum atomic E-state index is 6.46. The first-order valence-corrected chi connectivity index (χ1v) is 8.44. The molecule has 2 rings (SSSR count). The Morgan fingerprint density at radius 2 is 2.29 bits per heavy atom. The molecule has 0 bridgehead atoms. The predicted octanol–water partition coefficient (Wildman–Crippen LogP) is 2.91. The van der Waals surface area contributed by atoms with E-state index in [1.807, 2.05) is 6.20 Å². The fraction of sp³-hybridized carbons (Fsp3) is 0.812. The number of nitrogens with one attached hydrogen (secondary N) is 1. The van der Waals surface area contributed by atoms with Crippen LogP contribution in [0, 0.1) is 0 Å². The number of likely N-dealkylation sites (N-methyl/N-ethyl adjacent to an activating group) is 1. The Labute approximate surface area is 133 Å². The van der Waals surface area contributed by atoms with Crippen molar-refractivity contribution in [2.45, 2.75) is 57.5 Å². The zero-order chi connectivity index (χ0) is 15.5. The molecule has 0 radical (unpaired) electrons. The lowest BCUT2D eigenvalue weighted by molar-refractivity contribution is 0.350. The Morgan fingerprint density at radius 1 is 1.52 bits per heavy atom. The van der Waals surface area contributed by atoms with Crippen LogP contribution in [0.15, 0.2) is 6.20 Å². The van der Waals surface area contributed by atoms with Crippen LogP contribution in [-0.2, 0) is 12.0 Å². The summed E-state index contributed by atoms with van der Waals surface area (Å²) in [5.41, 5.74) is 1.37. The minimum Gasteiger partial charge on any atom is -0.314 e. The van der Waals surface area contributed by atoms with Crippen LogP contribution < -0.4 is 5.32 Å². The molecule has 1 N–H and O–H groups in total. The van der Waals surface area contributed by atoms with E-state index in [4.69, 9.17) is 11.6 Å². The van der Waals surface area contributed by atoms with Crippen LogP contribution in [0.2, 0.25) is 5.02 Å². The summed E-state index contributed by atoms with van der Waals surface area (Å²) in [6.45, 7) is 7.55. The summed E-state index contributed by atoms with van der Waals surface area (Å²) >= 11 is 6.46. The van der Waals surface area contributed by atoms with E-state index in [1.165, 1.54) is 25.0 Å². The highest BCUT2D eigenvalue weighted by Crippen LogP contribution is 2.43. The Morgan fingerprint density at radius 3 is 2.95 bits per heavy atom. The Bertz CT molecular complexity index is 457. The van der Waals surface area contributed by atoms with Crippen LogP contribution in [0.5, 0.6) is 0 Å². The second kappa shape index (κ2) is 7.12. The fourth-order valence-electron chi connectivity index (χ4n) is 3.41. The molecular formula is C16H29ClN4. The van der Waals surface area contributed by atoms with E-state index in [-0.39, 0.29) is 5.41 Å². The van der Waals surface area contributed by atoms with E-state index in [0.29, 0.717) is 6.04 Å². The first-order valence-electron chi connectivity index (χ1n) is 8.06. The SMILES string of the molecule is CCCNC1CCC(C)(c2c(Cl)cnn2CCN(C)C)C1. The highest BCUT2D eigenvalue weighted by atomic mass is 35.5. The van der Waals surface area contributed by atoms with Gasteiger partial charge < -0.3 is 10.2 Å². The van der Waals surface area contributed by atoms with E-state index >= 15 is 0 Å². The van der Waals surface area contributed by atoms with Crippen molar-refractivity contribution in [1.82, 2.24) is 20.0 Å². The molecule has 0 aliphatic heterocycles. The van der Waals surface area contributed by atoms with Crippen LogP contribution in [0.1, 0.15) is 45.2 Å². The van der Waals surface area contributed by atoms with Gasteiger partial charge in [-0.05, 0) is 46.3 Å². The second-order valence-corrected chi connectivity index (χ2v) is 7.23. The fourth-order valence-corrected chi connectivity index (χ4v) is 3.77. The first-order chi connectivity index (χ1) is 9.96. The lowest BCUT2D eigenvalue weighted by atomic mass is 9.84. The summed E-state index contributed by atoms with van der Waals surface area (Å²) in [6.07, 6.45) is 6.56. The van der Waals surface area contributed by atoms with Gasteiger partial charge in [0, 0.05) is 18.0 Å². The maximum absolute atomic E-state index is 6.46. The summed E-state index contributed by atoms with van der Waals surface area (Å²) in [6, 6.07) is 0.614. The topological polar surface area (TPSA) is 33.1 Å². The molecule has 1 fully saturated rings. The van der Waals surface area contributed by atoms with Gasteiger partial charge in [0.2, 0.25) is 0 Å². The zero-order valence-electron chi connectivity index (χ0n) is 13.8. The lowest BCUT2D eigenvalue weighted by Crippen LogP contribution is -2.31. The third-order valence-electron chi connectivity index (χ3n) is 4.55. The molecule has 1 aromatic heterocycles. The largest absolute Gasteiger partial charge is 0.314 e. The molecule has 0 spiro atoms. The lowest BCUT2D eigenvalue weighted by Gasteiger charge is -2.27. The molecule has 0 aromatic carbocycles. The van der Waals surface area contributed by atoms with Crippen LogP contribution >= 0.6 is 11.6 Å². The summed E-state index contributed by atoms with van der Waals surface area (Å²) < 4.78 is 2.12. The molecule has 1 aromatic rings. The zero-order valence-corrected chi connectivity index (χ0v) is 14.6. The van der Waals surface area contributed by atoms with Crippen molar-refractivity contribution in [2.75, 3.05) is 27.2 Å². The number of hydrogen-bond acceptors (Lipinski definition) is 3. The molecule has 1 heterocycles. The molecule has 1 saturated carbocycles. The van der Waals surface area contributed by atoms with E-state index in [1.54, 1.807) is 0 Å². The van der Waals surface area contributed by atoms with Gasteiger partial charge in [0.05, 0.1) is 23.5 Å². The highest BCUT2D eigenvalue weighted by Gasteiger charge is 2.40. The Hall–Kier alpha value is -0.580. The second-order valence-electron chi connectivity index (χ2n) is 6.82. The minimum atomic E-state index is 0.144.